The average Bonchev–Trinajstić information content (AvgIpc) is 3.22. The van der Waals surface area contributed by atoms with Crippen LogP contribution >= 0.6 is 11.8 Å². The third-order valence-electron chi connectivity index (χ3n) is 4.03. The number of hydrogen-bond donors (Lipinski definition) is 0. The number of fused-ring (bicyclic) bond motifs is 1. The molecule has 2 aromatic carbocycles. The van der Waals surface area contributed by atoms with Crippen molar-refractivity contribution in [2.75, 3.05) is 6.79 Å². The molecule has 0 spiro atoms. The molecule has 0 saturated carbocycles. The molecule has 0 N–H and O–H groups in total. The summed E-state index contributed by atoms with van der Waals surface area (Å²) in [5.41, 5.74) is 1.14. The number of carbonyl (C=O) groups is 2. The van der Waals surface area contributed by atoms with Gasteiger partial charge in [-0.05, 0) is 41.1 Å². The van der Waals surface area contributed by atoms with Crippen LogP contribution in [0.1, 0.15) is 11.1 Å². The Bertz CT molecular complexity index is 1000. The number of benzene rings is 2. The molecule has 27 heavy (non-hydrogen) atoms. The molecule has 4 rings (SSSR count). The Morgan fingerprint density at radius 1 is 1.15 bits per heavy atom. The van der Waals surface area contributed by atoms with E-state index in [1.807, 2.05) is 0 Å². The Balaban J connectivity index is 1.55. The number of rotatable bonds is 4. The second kappa shape index (κ2) is 6.76. The summed E-state index contributed by atoms with van der Waals surface area (Å²) in [6, 6.07) is 11.1. The molecule has 0 aromatic heterocycles. The van der Waals surface area contributed by atoms with Crippen molar-refractivity contribution in [1.29, 1.82) is 0 Å². The fraction of sp³-hybridized carbons (Fsp3) is 0.111. The highest BCUT2D eigenvalue weighted by Crippen LogP contribution is 2.36. The van der Waals surface area contributed by atoms with Gasteiger partial charge in [0.25, 0.3) is 16.8 Å². The molecule has 2 heterocycles. The molecule has 0 unspecified atom stereocenters. The van der Waals surface area contributed by atoms with Gasteiger partial charge in [-0.1, -0.05) is 18.2 Å². The zero-order valence-corrected chi connectivity index (χ0v) is 14.6. The summed E-state index contributed by atoms with van der Waals surface area (Å²) in [7, 11) is 0. The molecule has 2 aromatic rings. The van der Waals surface area contributed by atoms with Gasteiger partial charge < -0.3 is 9.47 Å². The predicted molar refractivity (Wildman–Crippen MR) is 97.2 cm³/mol. The second-order valence-electron chi connectivity index (χ2n) is 5.81. The van der Waals surface area contributed by atoms with Crippen LogP contribution in [0.4, 0.5) is 10.5 Å². The minimum Gasteiger partial charge on any atom is -0.454 e. The lowest BCUT2D eigenvalue weighted by Gasteiger charge is -2.12. The molecular weight excluding hydrogens is 372 g/mol. The van der Waals surface area contributed by atoms with Gasteiger partial charge in [-0.2, -0.15) is 0 Å². The number of thioether (sulfide) groups is 1. The van der Waals surface area contributed by atoms with Gasteiger partial charge in [-0.25, -0.2) is 0 Å². The quantitative estimate of drug-likeness (QED) is 0.451. The van der Waals surface area contributed by atoms with E-state index in [0.29, 0.717) is 17.1 Å². The van der Waals surface area contributed by atoms with Crippen molar-refractivity contribution >= 4 is 34.7 Å². The van der Waals surface area contributed by atoms with Crippen LogP contribution in [0.15, 0.2) is 47.4 Å². The zero-order valence-electron chi connectivity index (χ0n) is 13.8. The van der Waals surface area contributed by atoms with Crippen molar-refractivity contribution in [2.24, 2.45) is 0 Å². The van der Waals surface area contributed by atoms with Crippen molar-refractivity contribution in [3.05, 3.63) is 68.6 Å². The molecule has 1 saturated heterocycles. The molecule has 0 bridgehead atoms. The van der Waals surface area contributed by atoms with E-state index in [-0.39, 0.29) is 23.9 Å². The van der Waals surface area contributed by atoms with Gasteiger partial charge in [0.05, 0.1) is 16.4 Å². The summed E-state index contributed by atoms with van der Waals surface area (Å²) >= 11 is 0.808. The van der Waals surface area contributed by atoms with E-state index in [0.717, 1.165) is 22.2 Å². The van der Waals surface area contributed by atoms with Gasteiger partial charge in [0, 0.05) is 12.1 Å². The first kappa shape index (κ1) is 17.1. The lowest BCUT2D eigenvalue weighted by Crippen LogP contribution is -2.27. The van der Waals surface area contributed by atoms with E-state index in [2.05, 4.69) is 0 Å². The van der Waals surface area contributed by atoms with Crippen molar-refractivity contribution in [3.8, 4) is 11.5 Å². The molecule has 1 fully saturated rings. The molecule has 9 heteroatoms. The monoisotopic (exact) mass is 384 g/mol. The molecule has 136 valence electrons. The van der Waals surface area contributed by atoms with Gasteiger partial charge >= 0.3 is 0 Å². The van der Waals surface area contributed by atoms with Crippen LogP contribution in [0.5, 0.6) is 11.5 Å². The van der Waals surface area contributed by atoms with E-state index in [1.165, 1.54) is 24.3 Å². The zero-order chi connectivity index (χ0) is 19.0. The Kier molecular flexibility index (Phi) is 4.28. The number of nitrogens with zero attached hydrogens (tertiary/aromatic N) is 2. The Morgan fingerprint density at radius 3 is 2.78 bits per heavy atom. The maximum atomic E-state index is 12.6. The van der Waals surface area contributed by atoms with E-state index >= 15 is 0 Å². The minimum atomic E-state index is -0.511. The highest BCUT2D eigenvalue weighted by atomic mass is 32.2. The fourth-order valence-electron chi connectivity index (χ4n) is 2.74. The lowest BCUT2D eigenvalue weighted by molar-refractivity contribution is -0.384. The molecule has 8 nitrogen and oxygen atoms in total. The van der Waals surface area contributed by atoms with E-state index in [1.54, 1.807) is 24.3 Å². The van der Waals surface area contributed by atoms with Crippen LogP contribution < -0.4 is 9.47 Å². The topological polar surface area (TPSA) is 99.0 Å². The Labute approximate surface area is 157 Å². The van der Waals surface area contributed by atoms with Crippen LogP contribution in [-0.4, -0.2) is 27.8 Å². The van der Waals surface area contributed by atoms with Crippen molar-refractivity contribution in [1.82, 2.24) is 4.90 Å². The van der Waals surface area contributed by atoms with Gasteiger partial charge in [-0.3, -0.25) is 24.6 Å². The van der Waals surface area contributed by atoms with Crippen LogP contribution in [0.25, 0.3) is 6.08 Å². The van der Waals surface area contributed by atoms with Crippen LogP contribution in [0.2, 0.25) is 0 Å². The van der Waals surface area contributed by atoms with Gasteiger partial charge in [0.2, 0.25) is 6.79 Å². The lowest BCUT2D eigenvalue weighted by atomic mass is 10.1. The number of imide groups is 1. The van der Waals surface area contributed by atoms with E-state index < -0.39 is 16.1 Å². The highest BCUT2D eigenvalue weighted by Gasteiger charge is 2.35. The van der Waals surface area contributed by atoms with Gasteiger partial charge in [0.1, 0.15) is 0 Å². The number of nitro groups is 1. The fourth-order valence-corrected chi connectivity index (χ4v) is 3.58. The third-order valence-corrected chi connectivity index (χ3v) is 4.94. The van der Waals surface area contributed by atoms with Crippen molar-refractivity contribution in [3.63, 3.8) is 0 Å². The smallest absolute Gasteiger partial charge is 0.293 e. The SMILES string of the molecule is O=C1SC(=Cc2cccc([N+](=O)[O-])c2)C(=O)N1Cc1ccc2c(c1)OCO2. The molecule has 0 radical (unpaired) electrons. The van der Waals surface area contributed by atoms with E-state index in [4.69, 9.17) is 9.47 Å². The van der Waals surface area contributed by atoms with Crippen LogP contribution in [-0.2, 0) is 11.3 Å². The van der Waals surface area contributed by atoms with Crippen LogP contribution in [0.3, 0.4) is 0 Å². The van der Waals surface area contributed by atoms with Gasteiger partial charge in [0.15, 0.2) is 11.5 Å². The van der Waals surface area contributed by atoms with Crippen molar-refractivity contribution in [2.45, 2.75) is 6.54 Å². The summed E-state index contributed by atoms with van der Waals surface area (Å²) in [5.74, 6) is 0.763. The first-order valence-corrected chi connectivity index (χ1v) is 8.71. The number of non-ortho nitro benzene ring substituents is 1. The summed E-state index contributed by atoms with van der Waals surface area (Å²) in [5, 5.41) is 10.5. The first-order chi connectivity index (χ1) is 13.0. The summed E-state index contributed by atoms with van der Waals surface area (Å²) in [4.78, 5) is 36.6. The average molecular weight is 384 g/mol. The second-order valence-corrected chi connectivity index (χ2v) is 6.80. The minimum absolute atomic E-state index is 0.0802. The maximum absolute atomic E-state index is 12.6. The first-order valence-electron chi connectivity index (χ1n) is 7.89. The van der Waals surface area contributed by atoms with E-state index in [9.17, 15) is 19.7 Å². The third kappa shape index (κ3) is 3.36. The molecule has 2 aliphatic rings. The number of hydrogen-bond acceptors (Lipinski definition) is 7. The molecular formula is C18H12N2O6S. The molecule has 2 aliphatic heterocycles. The predicted octanol–water partition coefficient (Wildman–Crippen LogP) is 3.56. The molecule has 2 amide bonds. The maximum Gasteiger partial charge on any atom is 0.293 e. The highest BCUT2D eigenvalue weighted by molar-refractivity contribution is 8.18. The number of carbonyl (C=O) groups excluding carboxylic acids is 2. The summed E-state index contributed by atoms with van der Waals surface area (Å²) < 4.78 is 10.6. The summed E-state index contributed by atoms with van der Waals surface area (Å²) in [6.45, 7) is 0.250. The Morgan fingerprint density at radius 2 is 1.96 bits per heavy atom. The van der Waals surface area contributed by atoms with Crippen LogP contribution in [0, 0.1) is 10.1 Å². The normalized spacial score (nSPS) is 17.0. The van der Waals surface area contributed by atoms with Crippen molar-refractivity contribution < 1.29 is 24.0 Å². The number of ether oxygens (including phenoxy) is 2. The Hall–Kier alpha value is -3.33. The summed E-state index contributed by atoms with van der Waals surface area (Å²) in [6.07, 6.45) is 1.48. The standard InChI is InChI=1S/C18H12N2O6S/c21-17-16(8-11-2-1-3-13(6-11)20(23)24)27-18(22)19(17)9-12-4-5-14-15(7-12)26-10-25-14/h1-8H,9-10H2. The largest absolute Gasteiger partial charge is 0.454 e. The molecule has 0 atom stereocenters. The van der Waals surface area contributed by atoms with Gasteiger partial charge in [-0.15, -0.1) is 0 Å². The number of amides is 2. The molecule has 0 aliphatic carbocycles. The number of nitro benzene ring substituents is 1.